The number of nitrogens with zero attached hydrogens (tertiary/aromatic N) is 2. The molecule has 128 valence electrons. The van der Waals surface area contributed by atoms with E-state index in [0.29, 0.717) is 12.0 Å². The molecular weight excluding hydrogens is 316 g/mol. The zero-order chi connectivity index (χ0) is 17.5. The van der Waals surface area contributed by atoms with Gasteiger partial charge in [-0.3, -0.25) is 9.48 Å². The first-order valence-corrected chi connectivity index (χ1v) is 7.72. The Bertz CT molecular complexity index is 753. The van der Waals surface area contributed by atoms with Crippen LogP contribution < -0.4 is 5.32 Å². The average Bonchev–Trinajstić information content (AvgIpc) is 3.16. The molecule has 0 bridgehead atoms. The maximum Gasteiger partial charge on any atom is 0.223 e. The highest BCUT2D eigenvalue weighted by atomic mass is 19.1. The van der Waals surface area contributed by atoms with Gasteiger partial charge in [-0.15, -0.1) is 0 Å². The number of aromatic nitrogens is 2. The van der Waals surface area contributed by atoms with Crippen molar-refractivity contribution in [3.63, 3.8) is 0 Å². The van der Waals surface area contributed by atoms with Crippen molar-refractivity contribution in [1.82, 2.24) is 15.1 Å². The molecule has 0 aliphatic heterocycles. The summed E-state index contributed by atoms with van der Waals surface area (Å²) in [6.07, 6.45) is 3.60. The van der Waals surface area contributed by atoms with Crippen LogP contribution in [0.25, 0.3) is 0 Å². The second-order valence-electron chi connectivity index (χ2n) is 6.48. The third-order valence-electron chi connectivity index (χ3n) is 4.43. The summed E-state index contributed by atoms with van der Waals surface area (Å²) in [6.45, 7) is 1.58. The number of aliphatic hydroxyl groups is 1. The molecule has 1 saturated carbocycles. The Morgan fingerprint density at radius 3 is 2.71 bits per heavy atom. The van der Waals surface area contributed by atoms with Crippen LogP contribution in [0.3, 0.4) is 0 Å². The van der Waals surface area contributed by atoms with E-state index in [-0.39, 0.29) is 18.0 Å². The molecule has 7 heteroatoms. The molecule has 0 radical (unpaired) electrons. The molecule has 5 nitrogen and oxygen atoms in total. The molecule has 1 aliphatic carbocycles. The van der Waals surface area contributed by atoms with Crippen molar-refractivity contribution in [2.75, 3.05) is 6.54 Å². The molecule has 3 atom stereocenters. The van der Waals surface area contributed by atoms with Gasteiger partial charge in [-0.25, -0.2) is 8.78 Å². The first-order valence-electron chi connectivity index (χ1n) is 7.72. The van der Waals surface area contributed by atoms with Crippen molar-refractivity contribution in [3.8, 4) is 0 Å². The van der Waals surface area contributed by atoms with Crippen LogP contribution in [-0.2, 0) is 17.4 Å². The molecule has 3 rings (SSSR count). The van der Waals surface area contributed by atoms with Gasteiger partial charge in [0.05, 0.1) is 12.7 Å². The van der Waals surface area contributed by atoms with E-state index in [1.807, 2.05) is 0 Å². The summed E-state index contributed by atoms with van der Waals surface area (Å²) in [5.41, 5.74) is -0.716. The highest BCUT2D eigenvalue weighted by Crippen LogP contribution is 2.49. The summed E-state index contributed by atoms with van der Waals surface area (Å²) >= 11 is 0. The molecule has 0 spiro atoms. The maximum absolute atomic E-state index is 13.8. The van der Waals surface area contributed by atoms with Gasteiger partial charge >= 0.3 is 0 Å². The van der Waals surface area contributed by atoms with E-state index >= 15 is 0 Å². The Balaban J connectivity index is 1.61. The number of benzene rings is 1. The van der Waals surface area contributed by atoms with E-state index in [1.165, 1.54) is 24.4 Å². The van der Waals surface area contributed by atoms with E-state index in [1.54, 1.807) is 24.9 Å². The van der Waals surface area contributed by atoms with Gasteiger partial charge in [0.15, 0.2) is 0 Å². The van der Waals surface area contributed by atoms with E-state index in [4.69, 9.17) is 0 Å². The van der Waals surface area contributed by atoms with Gasteiger partial charge in [0.2, 0.25) is 5.91 Å². The molecule has 1 heterocycles. The molecular formula is C17H19F2N3O2. The lowest BCUT2D eigenvalue weighted by Gasteiger charge is -2.22. The largest absolute Gasteiger partial charge is 0.383 e. The van der Waals surface area contributed by atoms with Crippen LogP contribution in [0.2, 0.25) is 0 Å². The van der Waals surface area contributed by atoms with Crippen LogP contribution in [0, 0.1) is 17.6 Å². The number of rotatable bonds is 5. The van der Waals surface area contributed by atoms with Crippen LogP contribution in [0.15, 0.2) is 30.6 Å². The van der Waals surface area contributed by atoms with Crippen molar-refractivity contribution < 1.29 is 18.7 Å². The predicted octanol–water partition coefficient (Wildman–Crippen LogP) is 1.83. The number of hydrogen-bond donors (Lipinski definition) is 2. The van der Waals surface area contributed by atoms with E-state index in [0.717, 1.165) is 0 Å². The SMILES string of the molecule is Cn1cc(C(C)(O)CNC(=O)C2CC2c2c(F)cccc2F)cn1. The van der Waals surface area contributed by atoms with Crippen molar-refractivity contribution in [1.29, 1.82) is 0 Å². The van der Waals surface area contributed by atoms with Crippen molar-refractivity contribution in [2.24, 2.45) is 13.0 Å². The average molecular weight is 335 g/mol. The zero-order valence-electron chi connectivity index (χ0n) is 13.5. The standard InChI is InChI=1S/C17H19F2N3O2/c1-17(24,10-7-21-22(2)8-10)9-20-16(23)12-6-11(12)15-13(18)4-3-5-14(15)19/h3-5,7-8,11-12,24H,6,9H2,1-2H3,(H,20,23). The zero-order valence-corrected chi connectivity index (χ0v) is 13.5. The highest BCUT2D eigenvalue weighted by molar-refractivity contribution is 5.83. The van der Waals surface area contributed by atoms with Crippen molar-refractivity contribution in [3.05, 3.63) is 53.4 Å². The summed E-state index contributed by atoms with van der Waals surface area (Å²) in [4.78, 5) is 12.2. The minimum atomic E-state index is -1.27. The first-order chi connectivity index (χ1) is 11.3. The van der Waals surface area contributed by atoms with E-state index in [9.17, 15) is 18.7 Å². The maximum atomic E-state index is 13.8. The quantitative estimate of drug-likeness (QED) is 0.876. The van der Waals surface area contributed by atoms with E-state index < -0.39 is 29.1 Å². The van der Waals surface area contributed by atoms with Gasteiger partial charge in [0.25, 0.3) is 0 Å². The number of amides is 1. The van der Waals surface area contributed by atoms with Gasteiger partial charge in [-0.1, -0.05) is 6.07 Å². The second kappa shape index (κ2) is 5.98. The molecule has 1 aromatic carbocycles. The van der Waals surface area contributed by atoms with Gasteiger partial charge in [-0.2, -0.15) is 5.10 Å². The Morgan fingerprint density at radius 2 is 2.12 bits per heavy atom. The topological polar surface area (TPSA) is 67.2 Å². The fourth-order valence-electron chi connectivity index (χ4n) is 2.86. The lowest BCUT2D eigenvalue weighted by molar-refractivity contribution is -0.123. The third kappa shape index (κ3) is 3.17. The first kappa shape index (κ1) is 16.6. The van der Waals surface area contributed by atoms with Crippen LogP contribution in [0.5, 0.6) is 0 Å². The van der Waals surface area contributed by atoms with Crippen LogP contribution in [0.1, 0.15) is 30.4 Å². The smallest absolute Gasteiger partial charge is 0.223 e. The normalized spacial score (nSPS) is 22.0. The summed E-state index contributed by atoms with van der Waals surface area (Å²) in [7, 11) is 1.73. The molecule has 1 fully saturated rings. The second-order valence-corrected chi connectivity index (χ2v) is 6.48. The van der Waals surface area contributed by atoms with Gasteiger partial charge in [0, 0.05) is 36.2 Å². The van der Waals surface area contributed by atoms with Crippen molar-refractivity contribution >= 4 is 5.91 Å². The van der Waals surface area contributed by atoms with Gasteiger partial charge in [-0.05, 0) is 25.5 Å². The molecule has 2 N–H and O–H groups in total. The van der Waals surface area contributed by atoms with E-state index in [2.05, 4.69) is 10.4 Å². The number of nitrogens with one attached hydrogen (secondary N) is 1. The van der Waals surface area contributed by atoms with Gasteiger partial charge in [0.1, 0.15) is 17.2 Å². The van der Waals surface area contributed by atoms with Crippen LogP contribution >= 0.6 is 0 Å². The minimum absolute atomic E-state index is 0.000497. The molecule has 1 aromatic heterocycles. The number of hydrogen-bond acceptors (Lipinski definition) is 3. The lowest BCUT2D eigenvalue weighted by atomic mass is 9.99. The Morgan fingerprint density at radius 1 is 1.46 bits per heavy atom. The molecule has 24 heavy (non-hydrogen) atoms. The minimum Gasteiger partial charge on any atom is -0.383 e. The van der Waals surface area contributed by atoms with Crippen LogP contribution in [0.4, 0.5) is 8.78 Å². The Hall–Kier alpha value is -2.28. The van der Waals surface area contributed by atoms with Gasteiger partial charge < -0.3 is 10.4 Å². The molecule has 3 unspecified atom stereocenters. The monoisotopic (exact) mass is 335 g/mol. The molecule has 0 saturated heterocycles. The fourth-order valence-corrected chi connectivity index (χ4v) is 2.86. The Kier molecular flexibility index (Phi) is 4.13. The Labute approximate surface area is 138 Å². The summed E-state index contributed by atoms with van der Waals surface area (Å²) in [5, 5.41) is 17.1. The summed E-state index contributed by atoms with van der Waals surface area (Å²) in [5.74, 6) is -2.49. The highest BCUT2D eigenvalue weighted by Gasteiger charge is 2.46. The lowest BCUT2D eigenvalue weighted by Crippen LogP contribution is -2.39. The molecule has 1 aliphatic rings. The number of halogens is 2. The predicted molar refractivity (Wildman–Crippen MR) is 83.0 cm³/mol. The summed E-state index contributed by atoms with van der Waals surface area (Å²) < 4.78 is 29.1. The van der Waals surface area contributed by atoms with Crippen molar-refractivity contribution in [2.45, 2.75) is 24.9 Å². The third-order valence-corrected chi connectivity index (χ3v) is 4.43. The van der Waals surface area contributed by atoms with Crippen LogP contribution in [-0.4, -0.2) is 27.3 Å². The number of carbonyl (C=O) groups is 1. The fraction of sp³-hybridized carbons (Fsp3) is 0.412. The number of carbonyl (C=O) groups excluding carboxylic acids is 1. The molecule has 2 aromatic rings. The number of aryl methyl sites for hydroxylation is 1. The summed E-state index contributed by atoms with van der Waals surface area (Å²) in [6, 6.07) is 3.69. The molecule has 1 amide bonds.